The molecule has 0 saturated heterocycles. The molecule has 28 heavy (non-hydrogen) atoms. The van der Waals surface area contributed by atoms with Crippen LogP contribution < -0.4 is 5.14 Å². The maximum Gasteiger partial charge on any atom is 0.271 e. The summed E-state index contributed by atoms with van der Waals surface area (Å²) in [5, 5.41) is 28.6. The molecule has 0 fully saturated rings. The molecule has 144 valence electrons. The third-order valence-corrected chi connectivity index (χ3v) is 4.90. The van der Waals surface area contributed by atoms with E-state index in [1.54, 1.807) is 36.7 Å². The number of rotatable bonds is 5. The van der Waals surface area contributed by atoms with Gasteiger partial charge in [0, 0.05) is 12.1 Å². The summed E-state index contributed by atoms with van der Waals surface area (Å²) in [4.78, 5) is 10.4. The van der Waals surface area contributed by atoms with Crippen LogP contribution in [0.1, 0.15) is 11.4 Å². The van der Waals surface area contributed by atoms with Crippen molar-refractivity contribution in [1.29, 1.82) is 0 Å². The number of sulfonamides is 1. The fourth-order valence-electron chi connectivity index (χ4n) is 2.58. The standard InChI is InChI=1S/C17H16N6O4S/c1-11-17(20-19-13-4-3-5-15(10-13)23(24)25)12(2)22(21-11)14-6-8-16(9-7-14)28(18,26)27/h3-10H,1-2H3,(H2,18,26,27). The molecule has 11 heteroatoms. The number of aryl methyl sites for hydroxylation is 1. The van der Waals surface area contributed by atoms with Crippen LogP contribution in [0.4, 0.5) is 17.1 Å². The molecule has 3 rings (SSSR count). The molecule has 2 aromatic carbocycles. The summed E-state index contributed by atoms with van der Waals surface area (Å²) in [6.45, 7) is 3.54. The van der Waals surface area contributed by atoms with Crippen LogP contribution in [0.5, 0.6) is 0 Å². The minimum atomic E-state index is -3.77. The van der Waals surface area contributed by atoms with E-state index in [0.29, 0.717) is 28.5 Å². The van der Waals surface area contributed by atoms with Crippen molar-refractivity contribution in [2.45, 2.75) is 18.7 Å². The second-order valence-corrected chi connectivity index (χ2v) is 7.51. The highest BCUT2D eigenvalue weighted by molar-refractivity contribution is 7.89. The van der Waals surface area contributed by atoms with E-state index in [4.69, 9.17) is 5.14 Å². The number of nitro groups is 1. The van der Waals surface area contributed by atoms with E-state index in [-0.39, 0.29) is 10.6 Å². The molecule has 1 heterocycles. The number of nitro benzene ring substituents is 1. The molecule has 0 saturated carbocycles. The average molecular weight is 400 g/mol. The number of primary sulfonamides is 1. The van der Waals surface area contributed by atoms with Gasteiger partial charge in [0.05, 0.1) is 32.6 Å². The molecule has 0 bridgehead atoms. The van der Waals surface area contributed by atoms with E-state index in [0.717, 1.165) is 0 Å². The quantitative estimate of drug-likeness (QED) is 0.396. The normalized spacial score (nSPS) is 11.8. The lowest BCUT2D eigenvalue weighted by atomic mass is 10.3. The van der Waals surface area contributed by atoms with Crippen molar-refractivity contribution in [2.75, 3.05) is 0 Å². The maximum atomic E-state index is 11.4. The van der Waals surface area contributed by atoms with E-state index in [2.05, 4.69) is 15.3 Å². The number of benzene rings is 2. The Balaban J connectivity index is 1.94. The maximum absolute atomic E-state index is 11.4. The Morgan fingerprint density at radius 2 is 1.79 bits per heavy atom. The number of nitrogens with zero attached hydrogens (tertiary/aromatic N) is 5. The summed E-state index contributed by atoms with van der Waals surface area (Å²) < 4.78 is 24.4. The van der Waals surface area contributed by atoms with Crippen molar-refractivity contribution < 1.29 is 13.3 Å². The fraction of sp³-hybridized carbons (Fsp3) is 0.118. The van der Waals surface area contributed by atoms with Crippen LogP contribution in [0.15, 0.2) is 63.7 Å². The van der Waals surface area contributed by atoms with Gasteiger partial charge in [0.2, 0.25) is 10.0 Å². The van der Waals surface area contributed by atoms with Crippen molar-refractivity contribution in [1.82, 2.24) is 9.78 Å². The first-order chi connectivity index (χ1) is 13.2. The largest absolute Gasteiger partial charge is 0.271 e. The molecule has 1 aromatic heterocycles. The summed E-state index contributed by atoms with van der Waals surface area (Å²) in [6, 6.07) is 11.8. The van der Waals surface area contributed by atoms with Crippen molar-refractivity contribution in [3.63, 3.8) is 0 Å². The zero-order valence-electron chi connectivity index (χ0n) is 15.0. The van der Waals surface area contributed by atoms with Crippen LogP contribution in [0, 0.1) is 24.0 Å². The van der Waals surface area contributed by atoms with E-state index < -0.39 is 14.9 Å². The van der Waals surface area contributed by atoms with Crippen LogP contribution in [0.3, 0.4) is 0 Å². The first kappa shape index (κ1) is 19.3. The lowest BCUT2D eigenvalue weighted by molar-refractivity contribution is -0.384. The van der Waals surface area contributed by atoms with Crippen molar-refractivity contribution in [2.24, 2.45) is 15.4 Å². The van der Waals surface area contributed by atoms with Gasteiger partial charge in [-0.05, 0) is 44.2 Å². The summed E-state index contributed by atoms with van der Waals surface area (Å²) in [5.41, 5.74) is 2.69. The zero-order valence-corrected chi connectivity index (χ0v) is 15.8. The second kappa shape index (κ2) is 7.29. The van der Waals surface area contributed by atoms with Crippen molar-refractivity contribution in [3.05, 3.63) is 70.0 Å². The molecule has 10 nitrogen and oxygen atoms in total. The Morgan fingerprint density at radius 3 is 2.39 bits per heavy atom. The van der Waals surface area contributed by atoms with Gasteiger partial charge in [0.15, 0.2) is 0 Å². The second-order valence-electron chi connectivity index (χ2n) is 5.95. The molecular formula is C17H16N6O4S. The van der Waals surface area contributed by atoms with Crippen LogP contribution in [-0.2, 0) is 10.0 Å². The van der Waals surface area contributed by atoms with Gasteiger partial charge < -0.3 is 0 Å². The molecule has 0 aliphatic carbocycles. The van der Waals surface area contributed by atoms with Gasteiger partial charge in [-0.3, -0.25) is 10.1 Å². The smallest absolute Gasteiger partial charge is 0.258 e. The summed E-state index contributed by atoms with van der Waals surface area (Å²) in [5.74, 6) is 0. The van der Waals surface area contributed by atoms with Gasteiger partial charge in [-0.1, -0.05) is 6.07 Å². The Bertz CT molecular complexity index is 1180. The SMILES string of the molecule is Cc1nn(-c2ccc(S(N)(=O)=O)cc2)c(C)c1N=Nc1cccc([N+](=O)[O-])c1. The highest BCUT2D eigenvalue weighted by atomic mass is 32.2. The highest BCUT2D eigenvalue weighted by Gasteiger charge is 2.14. The molecule has 3 aromatic rings. The van der Waals surface area contributed by atoms with E-state index in [1.165, 1.54) is 30.3 Å². The third-order valence-electron chi connectivity index (χ3n) is 3.97. The zero-order chi connectivity index (χ0) is 20.5. The first-order valence-corrected chi connectivity index (χ1v) is 9.57. The molecule has 0 aliphatic rings. The molecular weight excluding hydrogens is 384 g/mol. The van der Waals surface area contributed by atoms with Crippen molar-refractivity contribution >= 4 is 27.1 Å². The summed E-state index contributed by atoms with van der Waals surface area (Å²) >= 11 is 0. The number of hydrogen-bond donors (Lipinski definition) is 1. The molecule has 0 atom stereocenters. The lowest BCUT2D eigenvalue weighted by Gasteiger charge is -2.05. The van der Waals surface area contributed by atoms with E-state index in [1.807, 2.05) is 0 Å². The molecule has 0 unspecified atom stereocenters. The van der Waals surface area contributed by atoms with Crippen LogP contribution >= 0.6 is 0 Å². The average Bonchev–Trinajstić information content (AvgIpc) is 2.93. The third kappa shape index (κ3) is 3.94. The Labute approximate surface area is 160 Å². The Hall–Kier alpha value is -3.44. The molecule has 2 N–H and O–H groups in total. The monoisotopic (exact) mass is 400 g/mol. The number of hydrogen-bond acceptors (Lipinski definition) is 7. The van der Waals surface area contributed by atoms with E-state index >= 15 is 0 Å². The lowest BCUT2D eigenvalue weighted by Crippen LogP contribution is -2.12. The molecule has 0 aliphatic heterocycles. The molecule has 0 amide bonds. The topological polar surface area (TPSA) is 146 Å². The van der Waals surface area contributed by atoms with Gasteiger partial charge in [-0.15, -0.1) is 5.11 Å². The minimum absolute atomic E-state index is 0.00311. The Morgan fingerprint density at radius 1 is 1.11 bits per heavy atom. The van der Waals surface area contributed by atoms with Crippen molar-refractivity contribution in [3.8, 4) is 5.69 Å². The summed E-state index contributed by atoms with van der Waals surface area (Å²) in [7, 11) is -3.77. The fourth-order valence-corrected chi connectivity index (χ4v) is 3.10. The molecule has 0 radical (unpaired) electrons. The van der Waals surface area contributed by atoms with Crippen LogP contribution in [-0.4, -0.2) is 23.1 Å². The van der Waals surface area contributed by atoms with Gasteiger partial charge in [-0.2, -0.15) is 10.2 Å². The predicted molar refractivity (Wildman–Crippen MR) is 102 cm³/mol. The number of azo groups is 1. The van der Waals surface area contributed by atoms with E-state index in [9.17, 15) is 18.5 Å². The number of non-ortho nitro benzene ring substituents is 1. The van der Waals surface area contributed by atoms with Gasteiger partial charge in [0.25, 0.3) is 5.69 Å². The highest BCUT2D eigenvalue weighted by Crippen LogP contribution is 2.29. The predicted octanol–water partition coefficient (Wildman–Crippen LogP) is 3.46. The minimum Gasteiger partial charge on any atom is -0.258 e. The number of aromatic nitrogens is 2. The first-order valence-electron chi connectivity index (χ1n) is 8.02. The summed E-state index contributed by atoms with van der Waals surface area (Å²) in [6.07, 6.45) is 0. The number of nitrogens with two attached hydrogens (primary N) is 1. The van der Waals surface area contributed by atoms with Crippen LogP contribution in [0.2, 0.25) is 0 Å². The van der Waals surface area contributed by atoms with Crippen LogP contribution in [0.25, 0.3) is 5.69 Å². The van der Waals surface area contributed by atoms with Gasteiger partial charge in [-0.25, -0.2) is 18.2 Å². The van der Waals surface area contributed by atoms with Gasteiger partial charge in [0.1, 0.15) is 5.69 Å². The van der Waals surface area contributed by atoms with Gasteiger partial charge >= 0.3 is 0 Å². The molecule has 0 spiro atoms. The Kier molecular flexibility index (Phi) is 5.03.